The first kappa shape index (κ1) is 11.5. The lowest BCUT2D eigenvalue weighted by molar-refractivity contribution is -0.120. The predicted octanol–water partition coefficient (Wildman–Crippen LogP) is 1.97. The van der Waals surface area contributed by atoms with Gasteiger partial charge in [0.05, 0.1) is 0 Å². The fraction of sp³-hybridized carbons (Fsp3) is 0.200. The van der Waals surface area contributed by atoms with Gasteiger partial charge in [-0.1, -0.05) is 6.58 Å². The molecule has 5 heteroatoms. The number of carbonyl (C=O) groups excluding carboxylic acids is 1. The molecule has 1 atom stereocenters. The van der Waals surface area contributed by atoms with Gasteiger partial charge in [0.15, 0.2) is 16.8 Å². The van der Waals surface area contributed by atoms with Crippen LogP contribution < -0.4 is 4.74 Å². The second-order valence-corrected chi connectivity index (χ2v) is 3.70. The zero-order chi connectivity index (χ0) is 11.4. The fourth-order valence-corrected chi connectivity index (χ4v) is 1.62. The van der Waals surface area contributed by atoms with Crippen LogP contribution in [0.2, 0.25) is 0 Å². The molecule has 0 radical (unpaired) electrons. The Morgan fingerprint density at radius 2 is 2.33 bits per heavy atom. The summed E-state index contributed by atoms with van der Waals surface area (Å²) < 4.78 is 5.21. The standard InChI is InChI=1S/C10H10O4S/c1-3-7(11)6(2)14-8-4-5-15-9(8)10(12)13/h3-6H,1H2,2H3,(H,12,13). The monoisotopic (exact) mass is 226 g/mol. The van der Waals surface area contributed by atoms with Gasteiger partial charge < -0.3 is 9.84 Å². The van der Waals surface area contributed by atoms with E-state index >= 15 is 0 Å². The average molecular weight is 226 g/mol. The fourth-order valence-electron chi connectivity index (χ4n) is 0.961. The molecule has 0 aliphatic rings. The largest absolute Gasteiger partial charge is 0.481 e. The molecule has 0 aliphatic heterocycles. The lowest BCUT2D eigenvalue weighted by Crippen LogP contribution is -2.22. The zero-order valence-corrected chi connectivity index (χ0v) is 8.91. The van der Waals surface area contributed by atoms with Gasteiger partial charge in [-0.25, -0.2) is 4.79 Å². The van der Waals surface area contributed by atoms with E-state index in [9.17, 15) is 9.59 Å². The van der Waals surface area contributed by atoms with E-state index in [-0.39, 0.29) is 16.4 Å². The van der Waals surface area contributed by atoms with Crippen molar-refractivity contribution in [2.75, 3.05) is 0 Å². The van der Waals surface area contributed by atoms with Crippen molar-refractivity contribution in [2.45, 2.75) is 13.0 Å². The Hall–Kier alpha value is -1.62. The van der Waals surface area contributed by atoms with Crippen LogP contribution in [0.1, 0.15) is 16.6 Å². The average Bonchev–Trinajstić information content (AvgIpc) is 2.64. The molecule has 0 spiro atoms. The van der Waals surface area contributed by atoms with Crippen molar-refractivity contribution < 1.29 is 19.4 Å². The van der Waals surface area contributed by atoms with Gasteiger partial charge in [0.1, 0.15) is 5.75 Å². The number of hydrogen-bond donors (Lipinski definition) is 1. The number of carboxylic acid groups (broad SMARTS) is 1. The van der Waals surface area contributed by atoms with Crippen LogP contribution in [0.15, 0.2) is 24.1 Å². The summed E-state index contributed by atoms with van der Waals surface area (Å²) in [5, 5.41) is 10.4. The topological polar surface area (TPSA) is 63.6 Å². The molecule has 80 valence electrons. The third-order valence-electron chi connectivity index (χ3n) is 1.73. The van der Waals surface area contributed by atoms with Crippen molar-refractivity contribution >= 4 is 23.1 Å². The first-order chi connectivity index (χ1) is 7.06. The van der Waals surface area contributed by atoms with Crippen LogP contribution in [0.4, 0.5) is 0 Å². The summed E-state index contributed by atoms with van der Waals surface area (Å²) in [4.78, 5) is 22.0. The van der Waals surface area contributed by atoms with Gasteiger partial charge in [0.25, 0.3) is 0 Å². The second kappa shape index (κ2) is 4.75. The van der Waals surface area contributed by atoms with E-state index in [1.54, 1.807) is 12.3 Å². The van der Waals surface area contributed by atoms with E-state index < -0.39 is 12.1 Å². The number of ether oxygens (including phenoxy) is 1. The molecule has 15 heavy (non-hydrogen) atoms. The third kappa shape index (κ3) is 2.66. The van der Waals surface area contributed by atoms with Crippen LogP contribution >= 0.6 is 11.3 Å². The van der Waals surface area contributed by atoms with Gasteiger partial charge in [0, 0.05) is 0 Å². The summed E-state index contributed by atoms with van der Waals surface area (Å²) in [6, 6.07) is 1.53. The highest BCUT2D eigenvalue weighted by molar-refractivity contribution is 7.12. The van der Waals surface area contributed by atoms with Crippen LogP contribution in [0, 0.1) is 0 Å². The number of hydrogen-bond acceptors (Lipinski definition) is 4. The Morgan fingerprint density at radius 1 is 1.67 bits per heavy atom. The van der Waals surface area contributed by atoms with Crippen molar-refractivity contribution in [1.82, 2.24) is 0 Å². The molecule has 0 aromatic carbocycles. The molecule has 1 heterocycles. The van der Waals surface area contributed by atoms with Gasteiger partial charge in [-0.15, -0.1) is 11.3 Å². The first-order valence-electron chi connectivity index (χ1n) is 4.20. The summed E-state index contributed by atoms with van der Waals surface area (Å²) in [5.74, 6) is -1.12. The van der Waals surface area contributed by atoms with E-state index in [1.807, 2.05) is 0 Å². The number of rotatable bonds is 5. The van der Waals surface area contributed by atoms with Crippen molar-refractivity contribution in [2.24, 2.45) is 0 Å². The lowest BCUT2D eigenvalue weighted by Gasteiger charge is -2.10. The zero-order valence-electron chi connectivity index (χ0n) is 8.10. The highest BCUT2D eigenvalue weighted by atomic mass is 32.1. The molecule has 0 saturated heterocycles. The Balaban J connectivity index is 2.80. The molecule has 1 N–H and O–H groups in total. The Kier molecular flexibility index (Phi) is 3.62. The number of carbonyl (C=O) groups is 2. The molecule has 1 aromatic rings. The maximum Gasteiger partial charge on any atom is 0.349 e. The maximum atomic E-state index is 11.1. The predicted molar refractivity (Wildman–Crippen MR) is 56.6 cm³/mol. The molecule has 0 fully saturated rings. The van der Waals surface area contributed by atoms with Gasteiger partial charge in [-0.05, 0) is 24.4 Å². The molecule has 0 aliphatic carbocycles. The van der Waals surface area contributed by atoms with Crippen molar-refractivity contribution in [3.8, 4) is 5.75 Å². The summed E-state index contributed by atoms with van der Waals surface area (Å²) in [7, 11) is 0. The van der Waals surface area contributed by atoms with E-state index in [0.717, 1.165) is 17.4 Å². The van der Waals surface area contributed by atoms with Gasteiger partial charge >= 0.3 is 5.97 Å². The summed E-state index contributed by atoms with van der Waals surface area (Å²) in [5.41, 5.74) is 0. The molecule has 4 nitrogen and oxygen atoms in total. The van der Waals surface area contributed by atoms with Crippen LogP contribution in [0.25, 0.3) is 0 Å². The van der Waals surface area contributed by atoms with Crippen LogP contribution in [0.5, 0.6) is 5.75 Å². The van der Waals surface area contributed by atoms with Crippen molar-refractivity contribution in [1.29, 1.82) is 0 Å². The number of ketones is 1. The SMILES string of the molecule is C=CC(=O)C(C)Oc1ccsc1C(=O)O. The normalized spacial score (nSPS) is 11.8. The molecule has 1 unspecified atom stereocenters. The van der Waals surface area contributed by atoms with Crippen LogP contribution in [-0.2, 0) is 4.79 Å². The minimum absolute atomic E-state index is 0.0960. The number of carboxylic acids is 1. The quantitative estimate of drug-likeness (QED) is 0.779. The van der Waals surface area contributed by atoms with E-state index in [0.29, 0.717) is 0 Å². The van der Waals surface area contributed by atoms with E-state index in [1.165, 1.54) is 6.07 Å². The summed E-state index contributed by atoms with van der Waals surface area (Å²) in [6.45, 7) is 4.87. The molecule has 0 bridgehead atoms. The van der Waals surface area contributed by atoms with Crippen molar-refractivity contribution in [3.63, 3.8) is 0 Å². The minimum Gasteiger partial charge on any atom is -0.481 e. The first-order valence-corrected chi connectivity index (χ1v) is 5.08. The number of aromatic carboxylic acids is 1. The van der Waals surface area contributed by atoms with E-state index in [4.69, 9.17) is 9.84 Å². The maximum absolute atomic E-state index is 11.1. The minimum atomic E-state index is -1.06. The van der Waals surface area contributed by atoms with Gasteiger partial charge in [0.2, 0.25) is 0 Å². The molecule has 1 aromatic heterocycles. The summed E-state index contributed by atoms with van der Waals surface area (Å²) >= 11 is 1.06. The molecular formula is C10H10O4S. The second-order valence-electron chi connectivity index (χ2n) is 2.79. The van der Waals surface area contributed by atoms with E-state index in [2.05, 4.69) is 6.58 Å². The highest BCUT2D eigenvalue weighted by Crippen LogP contribution is 2.25. The molecule has 0 saturated carbocycles. The third-order valence-corrected chi connectivity index (χ3v) is 2.61. The smallest absolute Gasteiger partial charge is 0.349 e. The molecule has 0 amide bonds. The molecule has 1 rings (SSSR count). The Morgan fingerprint density at radius 3 is 2.87 bits per heavy atom. The van der Waals surface area contributed by atoms with Gasteiger partial charge in [-0.3, -0.25) is 4.79 Å². The lowest BCUT2D eigenvalue weighted by atomic mass is 10.2. The van der Waals surface area contributed by atoms with Crippen LogP contribution in [0.3, 0.4) is 0 Å². The molecular weight excluding hydrogens is 216 g/mol. The Bertz CT molecular complexity index is 394. The number of thiophene rings is 1. The highest BCUT2D eigenvalue weighted by Gasteiger charge is 2.17. The van der Waals surface area contributed by atoms with Crippen LogP contribution in [-0.4, -0.2) is 23.0 Å². The van der Waals surface area contributed by atoms with Gasteiger partial charge in [-0.2, -0.15) is 0 Å². The Labute approximate surface area is 90.8 Å². The van der Waals surface area contributed by atoms with Crippen molar-refractivity contribution in [3.05, 3.63) is 29.0 Å². The summed E-state index contributed by atoms with van der Waals surface area (Å²) in [6.07, 6.45) is 0.437.